The lowest BCUT2D eigenvalue weighted by atomic mass is 9.86. The van der Waals surface area contributed by atoms with Crippen molar-refractivity contribution in [1.82, 2.24) is 10.2 Å². The number of hydrogen-bond acceptors (Lipinski definition) is 2. The summed E-state index contributed by atoms with van der Waals surface area (Å²) in [6, 6.07) is 6.02. The van der Waals surface area contributed by atoms with Gasteiger partial charge < -0.3 is 0 Å². The molecule has 0 aliphatic rings. The maximum absolute atomic E-state index is 10.7. The van der Waals surface area contributed by atoms with E-state index in [0.29, 0.717) is 5.69 Å². The number of hydrogen-bond donors (Lipinski definition) is 1. The molecule has 0 aliphatic carbocycles. The maximum Gasteiger partial charge on any atom is 0.168 e. The number of benzene rings is 1. The molecular formula is C12H14N2O. The van der Waals surface area contributed by atoms with Gasteiger partial charge >= 0.3 is 0 Å². The Morgan fingerprint density at radius 2 is 2.07 bits per heavy atom. The predicted molar refractivity (Wildman–Crippen MR) is 60.2 cm³/mol. The van der Waals surface area contributed by atoms with Crippen molar-refractivity contribution in [3.8, 4) is 0 Å². The van der Waals surface area contributed by atoms with Gasteiger partial charge in [-0.1, -0.05) is 32.9 Å². The second-order valence-corrected chi connectivity index (χ2v) is 4.74. The first-order chi connectivity index (χ1) is 7.02. The molecule has 78 valence electrons. The monoisotopic (exact) mass is 202 g/mol. The van der Waals surface area contributed by atoms with Crippen molar-refractivity contribution in [1.29, 1.82) is 0 Å². The number of aromatic nitrogens is 2. The van der Waals surface area contributed by atoms with Crippen LogP contribution in [-0.2, 0) is 5.41 Å². The van der Waals surface area contributed by atoms with Gasteiger partial charge in [0, 0.05) is 5.39 Å². The van der Waals surface area contributed by atoms with E-state index in [1.54, 1.807) is 0 Å². The van der Waals surface area contributed by atoms with E-state index in [9.17, 15) is 4.79 Å². The lowest BCUT2D eigenvalue weighted by molar-refractivity contribution is 0.112. The van der Waals surface area contributed by atoms with Crippen molar-refractivity contribution in [2.75, 3.05) is 0 Å². The average Bonchev–Trinajstić information content (AvgIpc) is 2.58. The molecular weight excluding hydrogens is 188 g/mol. The number of fused-ring (bicyclic) bond motifs is 1. The summed E-state index contributed by atoms with van der Waals surface area (Å²) in [4.78, 5) is 10.7. The van der Waals surface area contributed by atoms with Gasteiger partial charge in [-0.2, -0.15) is 5.10 Å². The lowest BCUT2D eigenvalue weighted by Crippen LogP contribution is -2.10. The van der Waals surface area contributed by atoms with Crippen LogP contribution in [0.5, 0.6) is 0 Å². The molecule has 0 radical (unpaired) electrons. The van der Waals surface area contributed by atoms with Gasteiger partial charge in [0.25, 0.3) is 0 Å². The minimum Gasteiger partial charge on any atom is -0.296 e. The Morgan fingerprint density at radius 3 is 2.67 bits per heavy atom. The average molecular weight is 202 g/mol. The highest BCUT2D eigenvalue weighted by Crippen LogP contribution is 2.25. The Bertz CT molecular complexity index is 506. The Hall–Kier alpha value is -1.64. The van der Waals surface area contributed by atoms with Crippen LogP contribution in [0, 0.1) is 0 Å². The van der Waals surface area contributed by atoms with Gasteiger partial charge in [-0.15, -0.1) is 0 Å². The van der Waals surface area contributed by atoms with Gasteiger partial charge in [0.05, 0.1) is 5.52 Å². The molecule has 0 bridgehead atoms. The molecule has 2 rings (SSSR count). The number of aromatic amines is 1. The van der Waals surface area contributed by atoms with E-state index in [0.717, 1.165) is 17.2 Å². The molecule has 0 spiro atoms. The SMILES string of the molecule is CC(C)(C)c1ccc2c(C=O)[nH]nc2c1. The molecule has 1 aromatic carbocycles. The second-order valence-electron chi connectivity index (χ2n) is 4.74. The molecule has 1 aromatic heterocycles. The fourth-order valence-electron chi connectivity index (χ4n) is 1.59. The molecule has 0 saturated carbocycles. The molecule has 0 unspecified atom stereocenters. The van der Waals surface area contributed by atoms with E-state index in [1.807, 2.05) is 18.2 Å². The van der Waals surface area contributed by atoms with Crippen molar-refractivity contribution in [3.05, 3.63) is 29.5 Å². The van der Waals surface area contributed by atoms with E-state index in [2.05, 4.69) is 31.0 Å². The van der Waals surface area contributed by atoms with Crippen LogP contribution in [0.3, 0.4) is 0 Å². The normalized spacial score (nSPS) is 11.9. The topological polar surface area (TPSA) is 45.8 Å². The summed E-state index contributed by atoms with van der Waals surface area (Å²) in [5.74, 6) is 0. The summed E-state index contributed by atoms with van der Waals surface area (Å²) in [5.41, 5.74) is 2.73. The van der Waals surface area contributed by atoms with Crippen LogP contribution in [-0.4, -0.2) is 16.5 Å². The summed E-state index contributed by atoms with van der Waals surface area (Å²) < 4.78 is 0. The highest BCUT2D eigenvalue weighted by molar-refractivity contribution is 5.95. The minimum atomic E-state index is 0.106. The summed E-state index contributed by atoms with van der Waals surface area (Å²) in [6.07, 6.45) is 0.798. The van der Waals surface area contributed by atoms with E-state index >= 15 is 0 Å². The molecule has 0 saturated heterocycles. The predicted octanol–water partition coefficient (Wildman–Crippen LogP) is 2.67. The number of H-pyrrole nitrogens is 1. The quantitative estimate of drug-likeness (QED) is 0.722. The van der Waals surface area contributed by atoms with Crippen LogP contribution in [0.2, 0.25) is 0 Å². The number of nitrogens with one attached hydrogen (secondary N) is 1. The first kappa shape index (κ1) is 9.90. The van der Waals surface area contributed by atoms with Gasteiger partial charge in [-0.3, -0.25) is 9.89 Å². The molecule has 0 fully saturated rings. The highest BCUT2D eigenvalue weighted by Gasteiger charge is 2.15. The molecule has 0 aliphatic heterocycles. The molecule has 0 amide bonds. The van der Waals surface area contributed by atoms with Crippen LogP contribution >= 0.6 is 0 Å². The van der Waals surface area contributed by atoms with Gasteiger partial charge in [-0.25, -0.2) is 0 Å². The smallest absolute Gasteiger partial charge is 0.168 e. The van der Waals surface area contributed by atoms with Crippen LogP contribution in [0.15, 0.2) is 18.2 Å². The van der Waals surface area contributed by atoms with Crippen molar-refractivity contribution >= 4 is 17.2 Å². The van der Waals surface area contributed by atoms with Gasteiger partial charge in [-0.05, 0) is 17.0 Å². The van der Waals surface area contributed by atoms with Crippen molar-refractivity contribution in [3.63, 3.8) is 0 Å². The van der Waals surface area contributed by atoms with Crippen molar-refractivity contribution < 1.29 is 4.79 Å². The molecule has 3 nitrogen and oxygen atoms in total. The van der Waals surface area contributed by atoms with E-state index in [-0.39, 0.29) is 5.41 Å². The Kier molecular flexibility index (Phi) is 2.11. The van der Waals surface area contributed by atoms with Crippen LogP contribution in [0.4, 0.5) is 0 Å². The summed E-state index contributed by atoms with van der Waals surface area (Å²) in [7, 11) is 0. The van der Waals surface area contributed by atoms with E-state index in [1.165, 1.54) is 5.56 Å². The van der Waals surface area contributed by atoms with Crippen LogP contribution in [0.1, 0.15) is 36.8 Å². The summed E-state index contributed by atoms with van der Waals surface area (Å²) in [5, 5.41) is 7.72. The first-order valence-electron chi connectivity index (χ1n) is 4.96. The molecule has 0 atom stereocenters. The van der Waals surface area contributed by atoms with Gasteiger partial charge in [0.2, 0.25) is 0 Å². The summed E-state index contributed by atoms with van der Waals surface area (Å²) >= 11 is 0. The zero-order chi connectivity index (χ0) is 11.1. The van der Waals surface area contributed by atoms with Crippen LogP contribution in [0.25, 0.3) is 10.9 Å². The maximum atomic E-state index is 10.7. The number of carbonyl (C=O) groups excluding carboxylic acids is 1. The molecule has 15 heavy (non-hydrogen) atoms. The number of carbonyl (C=O) groups is 1. The largest absolute Gasteiger partial charge is 0.296 e. The van der Waals surface area contributed by atoms with Crippen molar-refractivity contribution in [2.24, 2.45) is 0 Å². The number of nitrogens with zero attached hydrogens (tertiary/aromatic N) is 1. The van der Waals surface area contributed by atoms with Crippen LogP contribution < -0.4 is 0 Å². The molecule has 1 heterocycles. The number of aldehydes is 1. The fourth-order valence-corrected chi connectivity index (χ4v) is 1.59. The third kappa shape index (κ3) is 1.65. The zero-order valence-corrected chi connectivity index (χ0v) is 9.16. The van der Waals surface area contributed by atoms with Gasteiger partial charge in [0.15, 0.2) is 6.29 Å². The summed E-state index contributed by atoms with van der Waals surface area (Å²) in [6.45, 7) is 6.46. The fraction of sp³-hybridized carbons (Fsp3) is 0.333. The number of rotatable bonds is 1. The van der Waals surface area contributed by atoms with E-state index in [4.69, 9.17) is 0 Å². The van der Waals surface area contributed by atoms with Gasteiger partial charge in [0.1, 0.15) is 5.69 Å². The Morgan fingerprint density at radius 1 is 1.33 bits per heavy atom. The Balaban J connectivity index is 2.63. The Labute approximate surface area is 88.5 Å². The third-order valence-corrected chi connectivity index (χ3v) is 2.57. The van der Waals surface area contributed by atoms with E-state index < -0.39 is 0 Å². The van der Waals surface area contributed by atoms with Crippen molar-refractivity contribution in [2.45, 2.75) is 26.2 Å². The zero-order valence-electron chi connectivity index (χ0n) is 9.16. The molecule has 2 aromatic rings. The second kappa shape index (κ2) is 3.19. The lowest BCUT2D eigenvalue weighted by Gasteiger charge is -2.18. The molecule has 1 N–H and O–H groups in total. The highest BCUT2D eigenvalue weighted by atomic mass is 16.1. The third-order valence-electron chi connectivity index (χ3n) is 2.57. The first-order valence-corrected chi connectivity index (χ1v) is 4.96. The molecule has 3 heteroatoms. The standard InChI is InChI=1S/C12H14N2O/c1-12(2,3)8-4-5-9-10(6-8)13-14-11(9)7-15/h4-7H,1-3H3,(H,13,14). The minimum absolute atomic E-state index is 0.106.